The standard InChI is InChI=1S/C32H32N4O2S6/c1-3-35-27(37)17(41-29(35)39)15-19-33-25-23(43-19)21-22(31(25)11-7-5-8-12-31)24-26(32(21)13-9-6-10-14-32)34-20(44-24)16-18-28(38)36(4-2)30(40)42-18/h15-16H,3-14H2,1-2H3/b17-15-,18-16-. The molecule has 0 aromatic carbocycles. The van der Waals surface area contributed by atoms with E-state index in [0.717, 1.165) is 35.7 Å². The van der Waals surface area contributed by atoms with Gasteiger partial charge >= 0.3 is 0 Å². The number of thioether (sulfide) groups is 2. The second-order valence-electron chi connectivity index (χ2n) is 12.3. The third-order valence-corrected chi connectivity index (χ3v) is 15.0. The van der Waals surface area contributed by atoms with Crippen LogP contribution in [-0.2, 0) is 20.4 Å². The Hall–Kier alpha value is -1.70. The lowest BCUT2D eigenvalue weighted by atomic mass is 9.68. The number of hydrogen-bond donors (Lipinski definition) is 0. The summed E-state index contributed by atoms with van der Waals surface area (Å²) in [6.45, 7) is 5.10. The van der Waals surface area contributed by atoms with Crippen molar-refractivity contribution in [2.24, 2.45) is 0 Å². The quantitative estimate of drug-likeness (QED) is 0.233. The highest BCUT2D eigenvalue weighted by Gasteiger charge is 2.60. The SMILES string of the molecule is CCN1C(=O)/C(=C/c2nc3c(s2)C2=C(c4sc(/C=C5\SC(=S)N(CC)C5=O)nc4C24CCCCC4)C32CCCCC2)SC1=S. The van der Waals surface area contributed by atoms with Crippen LogP contribution < -0.4 is 0 Å². The maximum Gasteiger partial charge on any atom is 0.266 e. The van der Waals surface area contributed by atoms with Gasteiger partial charge < -0.3 is 0 Å². The first kappa shape index (κ1) is 29.7. The van der Waals surface area contributed by atoms with E-state index in [1.807, 2.05) is 26.0 Å². The third kappa shape index (κ3) is 4.16. The molecule has 2 amide bonds. The predicted octanol–water partition coefficient (Wildman–Crippen LogP) is 8.38. The van der Waals surface area contributed by atoms with Crippen molar-refractivity contribution in [1.29, 1.82) is 0 Å². The van der Waals surface area contributed by atoms with Gasteiger partial charge in [-0.05, 0) is 62.8 Å². The average molecular weight is 697 g/mol. The van der Waals surface area contributed by atoms with E-state index in [4.69, 9.17) is 34.4 Å². The first-order valence-electron chi connectivity index (χ1n) is 15.6. The fraction of sp³-hybridized carbons (Fsp3) is 0.500. The molecule has 0 N–H and O–H groups in total. The molecule has 0 bridgehead atoms. The predicted molar refractivity (Wildman–Crippen MR) is 192 cm³/mol. The molecule has 0 radical (unpaired) electrons. The number of hydrogen-bond acceptors (Lipinski definition) is 10. The Labute approximate surface area is 284 Å². The number of thiazole rings is 2. The molecular formula is C32H32N4O2S6. The molecule has 44 heavy (non-hydrogen) atoms. The number of allylic oxidation sites excluding steroid dienone is 2. The van der Waals surface area contributed by atoms with Gasteiger partial charge in [0.15, 0.2) is 0 Å². The summed E-state index contributed by atoms with van der Waals surface area (Å²) in [5.41, 5.74) is 5.23. The van der Waals surface area contributed by atoms with Gasteiger partial charge in [0.05, 0.1) is 31.0 Å². The van der Waals surface area contributed by atoms with Crippen LogP contribution in [0, 0.1) is 0 Å². The van der Waals surface area contributed by atoms with Crippen LogP contribution in [0.25, 0.3) is 23.3 Å². The van der Waals surface area contributed by atoms with E-state index < -0.39 is 0 Å². The van der Waals surface area contributed by atoms with Crippen molar-refractivity contribution >= 4 is 114 Å². The van der Waals surface area contributed by atoms with E-state index in [2.05, 4.69) is 0 Å². The van der Waals surface area contributed by atoms with Gasteiger partial charge in [-0.2, -0.15) is 0 Å². The van der Waals surface area contributed by atoms with Crippen LogP contribution in [0.2, 0.25) is 0 Å². The summed E-state index contributed by atoms with van der Waals surface area (Å²) in [6, 6.07) is 0. The van der Waals surface area contributed by atoms with Gasteiger partial charge in [-0.25, -0.2) is 9.97 Å². The van der Waals surface area contributed by atoms with E-state index >= 15 is 0 Å². The highest BCUT2D eigenvalue weighted by atomic mass is 32.2. The highest BCUT2D eigenvalue weighted by molar-refractivity contribution is 8.27. The molecule has 4 aliphatic carbocycles. The second-order valence-corrected chi connectivity index (χ2v) is 17.8. The number of carbonyl (C=O) groups is 2. The maximum atomic E-state index is 13.1. The molecule has 6 aliphatic rings. The van der Waals surface area contributed by atoms with E-state index in [1.54, 1.807) is 32.5 Å². The fourth-order valence-corrected chi connectivity index (χ4v) is 13.6. The lowest BCUT2D eigenvalue weighted by Crippen LogP contribution is -2.29. The van der Waals surface area contributed by atoms with Crippen LogP contribution in [0.1, 0.15) is 109 Å². The molecule has 2 spiro atoms. The fourth-order valence-electron chi connectivity index (χ4n) is 8.22. The maximum absolute atomic E-state index is 13.1. The molecule has 6 nitrogen and oxygen atoms in total. The van der Waals surface area contributed by atoms with E-state index in [-0.39, 0.29) is 22.6 Å². The first-order chi connectivity index (χ1) is 21.3. The lowest BCUT2D eigenvalue weighted by Gasteiger charge is -2.35. The number of likely N-dealkylation sites (N-methyl/N-ethyl adjacent to an activating group) is 2. The highest BCUT2D eigenvalue weighted by Crippen LogP contribution is 2.70. The molecule has 0 unspecified atom stereocenters. The van der Waals surface area contributed by atoms with Crippen molar-refractivity contribution in [1.82, 2.24) is 19.8 Å². The number of rotatable bonds is 4. The van der Waals surface area contributed by atoms with E-state index in [0.29, 0.717) is 31.5 Å². The Bertz CT molecular complexity index is 1620. The number of nitrogens with zero attached hydrogens (tertiary/aromatic N) is 4. The van der Waals surface area contributed by atoms with E-state index in [9.17, 15) is 9.59 Å². The number of carbonyl (C=O) groups excluding carboxylic acids is 2. The van der Waals surface area contributed by atoms with Gasteiger partial charge in [-0.15, -0.1) is 22.7 Å². The zero-order valence-electron chi connectivity index (χ0n) is 24.7. The van der Waals surface area contributed by atoms with E-state index in [1.165, 1.54) is 94.3 Å². The zero-order chi connectivity index (χ0) is 30.4. The number of amides is 2. The largest absolute Gasteiger partial charge is 0.293 e. The third-order valence-electron chi connectivity index (χ3n) is 10.2. The van der Waals surface area contributed by atoms with Crippen LogP contribution in [0.5, 0.6) is 0 Å². The van der Waals surface area contributed by atoms with Gasteiger partial charge in [0.1, 0.15) is 18.7 Å². The molecule has 0 atom stereocenters. The van der Waals surface area contributed by atoms with Gasteiger partial charge in [-0.3, -0.25) is 19.4 Å². The average Bonchev–Trinajstić information content (AvgIpc) is 3.83. The molecule has 12 heteroatoms. The number of aromatic nitrogens is 2. The summed E-state index contributed by atoms with van der Waals surface area (Å²) in [4.78, 5) is 44.2. The molecule has 2 aromatic heterocycles. The summed E-state index contributed by atoms with van der Waals surface area (Å²) in [5.74, 6) is -0.0194. The summed E-state index contributed by atoms with van der Waals surface area (Å²) < 4.78 is 1.25. The molecule has 4 heterocycles. The van der Waals surface area contributed by atoms with Crippen molar-refractivity contribution in [3.8, 4) is 0 Å². The molecule has 8 rings (SSSR count). The topological polar surface area (TPSA) is 66.4 Å². The minimum atomic E-state index is -0.112. The molecule has 2 saturated carbocycles. The molecule has 228 valence electrons. The Kier molecular flexibility index (Phi) is 7.38. The van der Waals surface area contributed by atoms with Crippen LogP contribution in [-0.4, -0.2) is 53.3 Å². The lowest BCUT2D eigenvalue weighted by molar-refractivity contribution is -0.122. The summed E-state index contributed by atoms with van der Waals surface area (Å²) >= 11 is 17.3. The van der Waals surface area contributed by atoms with Crippen molar-refractivity contribution in [2.45, 2.75) is 88.9 Å². The van der Waals surface area contributed by atoms with Gasteiger partial charge in [-0.1, -0.05) is 86.5 Å². The Balaban J connectivity index is 1.27. The van der Waals surface area contributed by atoms with Crippen LogP contribution in [0.3, 0.4) is 0 Å². The molecule has 2 aromatic rings. The summed E-state index contributed by atoms with van der Waals surface area (Å²) in [5, 5.41) is 1.83. The number of thiocarbonyl (C=S) groups is 2. The second kappa shape index (κ2) is 10.9. The van der Waals surface area contributed by atoms with Crippen molar-refractivity contribution in [2.75, 3.05) is 13.1 Å². The number of fused-ring (bicyclic) bond motifs is 8. The zero-order valence-corrected chi connectivity index (χ0v) is 29.6. The minimum Gasteiger partial charge on any atom is -0.293 e. The van der Waals surface area contributed by atoms with Crippen LogP contribution >= 0.6 is 70.6 Å². The van der Waals surface area contributed by atoms with Gasteiger partial charge in [0, 0.05) is 23.9 Å². The molecule has 2 aliphatic heterocycles. The van der Waals surface area contributed by atoms with Crippen molar-refractivity contribution in [3.63, 3.8) is 0 Å². The van der Waals surface area contributed by atoms with Crippen LogP contribution in [0.15, 0.2) is 9.81 Å². The Morgan fingerprint density at radius 2 is 1.07 bits per heavy atom. The monoisotopic (exact) mass is 696 g/mol. The Morgan fingerprint density at radius 1 is 0.682 bits per heavy atom. The smallest absolute Gasteiger partial charge is 0.266 e. The summed E-state index contributed by atoms with van der Waals surface area (Å²) in [6.07, 6.45) is 15.6. The molecule has 4 fully saturated rings. The Morgan fingerprint density at radius 3 is 1.41 bits per heavy atom. The minimum absolute atomic E-state index is 0.00971. The molecular weight excluding hydrogens is 665 g/mol. The van der Waals surface area contributed by atoms with Gasteiger partial charge in [0.25, 0.3) is 11.8 Å². The van der Waals surface area contributed by atoms with Gasteiger partial charge in [0.2, 0.25) is 0 Å². The first-order valence-corrected chi connectivity index (χ1v) is 19.7. The van der Waals surface area contributed by atoms with Crippen molar-refractivity contribution in [3.05, 3.63) is 41.0 Å². The summed E-state index contributed by atoms with van der Waals surface area (Å²) in [7, 11) is 0. The van der Waals surface area contributed by atoms with Crippen LogP contribution in [0.4, 0.5) is 0 Å². The normalized spacial score (nSPS) is 25.5. The van der Waals surface area contributed by atoms with Crippen molar-refractivity contribution < 1.29 is 9.59 Å². The molecule has 2 saturated heterocycles.